The number of nitrogens with one attached hydrogen (secondary N) is 1. The minimum absolute atomic E-state index is 0.00318. The van der Waals surface area contributed by atoms with Gasteiger partial charge in [-0.3, -0.25) is 4.79 Å². The lowest BCUT2D eigenvalue weighted by molar-refractivity contribution is -0.127. The molecule has 25 heavy (non-hydrogen) atoms. The molecule has 0 saturated carbocycles. The largest absolute Gasteiger partial charge is 0.341 e. The maximum absolute atomic E-state index is 12.8. The Labute approximate surface area is 147 Å². The van der Waals surface area contributed by atoms with E-state index in [0.717, 1.165) is 6.42 Å². The van der Waals surface area contributed by atoms with Crippen molar-refractivity contribution < 1.29 is 13.2 Å². The molecule has 1 aromatic heterocycles. The first-order valence-electron chi connectivity index (χ1n) is 8.31. The fraction of sp³-hybridized carbons (Fsp3) is 0.412. The SMILES string of the molecule is CCCN1C[C@@H](NS(=O)(=O)c2cc(-n3cccn3)ccc2C)CC1=O. The molecule has 134 valence electrons. The molecule has 1 N–H and O–H groups in total. The molecule has 1 amide bonds. The summed E-state index contributed by atoms with van der Waals surface area (Å²) in [6.07, 6.45) is 4.46. The zero-order valence-electron chi connectivity index (χ0n) is 14.3. The van der Waals surface area contributed by atoms with Crippen molar-refractivity contribution in [2.45, 2.75) is 37.6 Å². The second-order valence-electron chi connectivity index (χ2n) is 6.26. The number of sulfonamides is 1. The Morgan fingerprint density at radius 3 is 2.84 bits per heavy atom. The number of amides is 1. The van der Waals surface area contributed by atoms with E-state index in [9.17, 15) is 13.2 Å². The van der Waals surface area contributed by atoms with E-state index in [1.807, 2.05) is 13.0 Å². The van der Waals surface area contributed by atoms with E-state index in [1.54, 1.807) is 47.1 Å². The molecule has 1 aliphatic rings. The van der Waals surface area contributed by atoms with Crippen LogP contribution >= 0.6 is 0 Å². The predicted molar refractivity (Wildman–Crippen MR) is 93.9 cm³/mol. The molecule has 2 aromatic rings. The van der Waals surface area contributed by atoms with Gasteiger partial charge in [0.2, 0.25) is 15.9 Å². The first-order chi connectivity index (χ1) is 11.9. The monoisotopic (exact) mass is 362 g/mol. The minimum atomic E-state index is -3.72. The van der Waals surface area contributed by atoms with Gasteiger partial charge in [-0.2, -0.15) is 5.10 Å². The molecule has 1 aromatic carbocycles. The van der Waals surface area contributed by atoms with Crippen molar-refractivity contribution in [3.05, 3.63) is 42.2 Å². The minimum Gasteiger partial charge on any atom is -0.341 e. The van der Waals surface area contributed by atoms with Crippen LogP contribution in [0.4, 0.5) is 0 Å². The van der Waals surface area contributed by atoms with Crippen molar-refractivity contribution in [2.75, 3.05) is 13.1 Å². The Kier molecular flexibility index (Phi) is 4.91. The number of benzene rings is 1. The Balaban J connectivity index is 1.83. The normalized spacial score (nSPS) is 18.1. The molecule has 0 bridgehead atoms. The van der Waals surface area contributed by atoms with Gasteiger partial charge in [-0.1, -0.05) is 13.0 Å². The van der Waals surface area contributed by atoms with E-state index in [2.05, 4.69) is 9.82 Å². The molecule has 1 fully saturated rings. The van der Waals surface area contributed by atoms with Gasteiger partial charge in [0.25, 0.3) is 0 Å². The predicted octanol–water partition coefficient (Wildman–Crippen LogP) is 1.47. The zero-order chi connectivity index (χ0) is 18.0. The van der Waals surface area contributed by atoms with Crippen LogP contribution in [0.15, 0.2) is 41.6 Å². The molecule has 1 aliphatic heterocycles. The van der Waals surface area contributed by atoms with Crippen LogP contribution in [-0.4, -0.2) is 48.1 Å². The molecule has 0 aliphatic carbocycles. The number of carbonyl (C=O) groups excluding carboxylic acids is 1. The van der Waals surface area contributed by atoms with Gasteiger partial charge in [0.05, 0.1) is 10.6 Å². The van der Waals surface area contributed by atoms with Gasteiger partial charge in [0.1, 0.15) is 0 Å². The standard InChI is InChI=1S/C17H22N4O3S/c1-3-8-20-12-14(10-17(20)22)19-25(23,24)16-11-15(6-5-13(16)2)21-9-4-7-18-21/h4-7,9,11,14,19H,3,8,10,12H2,1-2H3/t14-/m0/s1. The third-order valence-electron chi connectivity index (χ3n) is 4.26. The average molecular weight is 362 g/mol. The molecule has 8 heteroatoms. The Morgan fingerprint density at radius 1 is 1.36 bits per heavy atom. The average Bonchev–Trinajstić information content (AvgIpc) is 3.18. The summed E-state index contributed by atoms with van der Waals surface area (Å²) in [5.74, 6) is -0.00318. The molecule has 0 unspecified atom stereocenters. The van der Waals surface area contributed by atoms with Gasteiger partial charge in [-0.15, -0.1) is 0 Å². The van der Waals surface area contributed by atoms with Crippen LogP contribution in [0.5, 0.6) is 0 Å². The lowest BCUT2D eigenvalue weighted by Crippen LogP contribution is -2.37. The Hall–Kier alpha value is -2.19. The van der Waals surface area contributed by atoms with Gasteiger partial charge in [0, 0.05) is 37.9 Å². The third kappa shape index (κ3) is 3.74. The highest BCUT2D eigenvalue weighted by atomic mass is 32.2. The Bertz CT molecular complexity index is 862. The summed E-state index contributed by atoms with van der Waals surface area (Å²) in [6, 6.07) is 6.57. The summed E-state index contributed by atoms with van der Waals surface area (Å²) in [4.78, 5) is 13.9. The summed E-state index contributed by atoms with van der Waals surface area (Å²) in [7, 11) is -3.72. The number of hydrogen-bond donors (Lipinski definition) is 1. The van der Waals surface area contributed by atoms with E-state index < -0.39 is 16.1 Å². The molecule has 7 nitrogen and oxygen atoms in total. The van der Waals surface area contributed by atoms with Crippen LogP contribution in [0.2, 0.25) is 0 Å². The van der Waals surface area contributed by atoms with E-state index in [4.69, 9.17) is 0 Å². The number of likely N-dealkylation sites (tertiary alicyclic amines) is 1. The quantitative estimate of drug-likeness (QED) is 0.843. The summed E-state index contributed by atoms with van der Waals surface area (Å²) < 4.78 is 30.0. The molecular formula is C17H22N4O3S. The number of aryl methyl sites for hydroxylation is 1. The van der Waals surface area contributed by atoms with Crippen molar-refractivity contribution in [1.82, 2.24) is 19.4 Å². The zero-order valence-corrected chi connectivity index (χ0v) is 15.2. The van der Waals surface area contributed by atoms with Crippen molar-refractivity contribution in [1.29, 1.82) is 0 Å². The van der Waals surface area contributed by atoms with Gasteiger partial charge < -0.3 is 4.90 Å². The Morgan fingerprint density at radius 2 is 2.16 bits per heavy atom. The van der Waals surface area contributed by atoms with Crippen molar-refractivity contribution in [3.63, 3.8) is 0 Å². The third-order valence-corrected chi connectivity index (χ3v) is 5.92. The summed E-state index contributed by atoms with van der Waals surface area (Å²) in [5, 5.41) is 4.13. The van der Waals surface area contributed by atoms with Crippen molar-refractivity contribution in [3.8, 4) is 5.69 Å². The van der Waals surface area contributed by atoms with Crippen molar-refractivity contribution in [2.24, 2.45) is 0 Å². The second-order valence-corrected chi connectivity index (χ2v) is 7.94. The lowest BCUT2D eigenvalue weighted by atomic mass is 10.2. The highest BCUT2D eigenvalue weighted by molar-refractivity contribution is 7.89. The maximum atomic E-state index is 12.8. The fourth-order valence-corrected chi connectivity index (χ4v) is 4.55. The molecule has 3 rings (SSSR count). The number of aromatic nitrogens is 2. The highest BCUT2D eigenvalue weighted by Gasteiger charge is 2.32. The fourth-order valence-electron chi connectivity index (χ4n) is 3.06. The topological polar surface area (TPSA) is 84.3 Å². The van der Waals surface area contributed by atoms with Gasteiger partial charge >= 0.3 is 0 Å². The summed E-state index contributed by atoms with van der Waals surface area (Å²) in [5.41, 5.74) is 1.32. The second kappa shape index (κ2) is 6.97. The maximum Gasteiger partial charge on any atom is 0.241 e. The molecule has 0 radical (unpaired) electrons. The molecule has 0 spiro atoms. The van der Waals surface area contributed by atoms with E-state index >= 15 is 0 Å². The van der Waals surface area contributed by atoms with Crippen molar-refractivity contribution >= 4 is 15.9 Å². The first kappa shape index (κ1) is 17.6. The molecule has 2 heterocycles. The van der Waals surface area contributed by atoms with E-state index in [1.165, 1.54) is 0 Å². The smallest absolute Gasteiger partial charge is 0.241 e. The van der Waals surface area contributed by atoms with Crippen LogP contribution in [0.25, 0.3) is 5.69 Å². The lowest BCUT2D eigenvalue weighted by Gasteiger charge is -2.17. The van der Waals surface area contributed by atoms with Gasteiger partial charge in [-0.25, -0.2) is 17.8 Å². The van der Waals surface area contributed by atoms with E-state index in [-0.39, 0.29) is 17.2 Å². The van der Waals surface area contributed by atoms with Crippen LogP contribution < -0.4 is 4.72 Å². The van der Waals surface area contributed by atoms with Crippen LogP contribution in [0.3, 0.4) is 0 Å². The first-order valence-corrected chi connectivity index (χ1v) is 9.80. The number of nitrogens with zero attached hydrogens (tertiary/aromatic N) is 3. The highest BCUT2D eigenvalue weighted by Crippen LogP contribution is 2.21. The van der Waals surface area contributed by atoms with Crippen LogP contribution in [0.1, 0.15) is 25.3 Å². The molecule has 1 saturated heterocycles. The number of carbonyl (C=O) groups is 1. The van der Waals surface area contributed by atoms with Crippen LogP contribution in [0, 0.1) is 6.92 Å². The number of rotatable bonds is 6. The van der Waals surface area contributed by atoms with Gasteiger partial charge in [-0.05, 0) is 37.1 Å². The number of hydrogen-bond acceptors (Lipinski definition) is 4. The summed E-state index contributed by atoms with van der Waals surface area (Å²) >= 11 is 0. The van der Waals surface area contributed by atoms with E-state index in [0.29, 0.717) is 24.3 Å². The summed E-state index contributed by atoms with van der Waals surface area (Å²) in [6.45, 7) is 4.83. The van der Waals surface area contributed by atoms with Gasteiger partial charge in [0.15, 0.2) is 0 Å². The molecular weight excluding hydrogens is 340 g/mol. The molecule has 1 atom stereocenters. The van der Waals surface area contributed by atoms with Crippen LogP contribution in [-0.2, 0) is 14.8 Å².